The Labute approximate surface area is 163 Å². The average Bonchev–Trinajstić information content (AvgIpc) is 3.05. The summed E-state index contributed by atoms with van der Waals surface area (Å²) in [4.78, 5) is 7.03. The lowest BCUT2D eigenvalue weighted by atomic mass is 10.1. The van der Waals surface area contributed by atoms with Gasteiger partial charge in [0.2, 0.25) is 0 Å². The van der Waals surface area contributed by atoms with Crippen LogP contribution < -0.4 is 10.2 Å². The van der Waals surface area contributed by atoms with Crippen molar-refractivity contribution in [3.63, 3.8) is 0 Å². The second kappa shape index (κ2) is 7.10. The molecule has 1 saturated heterocycles. The highest BCUT2D eigenvalue weighted by Gasteiger charge is 2.20. The summed E-state index contributed by atoms with van der Waals surface area (Å²) >= 11 is 12.5. The maximum absolute atomic E-state index is 6.43. The number of halogens is 2. The minimum atomic E-state index is 0.0699. The fourth-order valence-corrected chi connectivity index (χ4v) is 4.28. The molecule has 2 heterocycles. The normalized spacial score (nSPS) is 19.1. The van der Waals surface area contributed by atoms with E-state index < -0.39 is 0 Å². The second-order valence-electron chi connectivity index (χ2n) is 6.91. The first kappa shape index (κ1) is 17.7. The molecule has 1 aliphatic heterocycles. The number of nitrogens with one attached hydrogen (secondary N) is 1. The Hall–Kier alpha value is -1.75. The quantitative estimate of drug-likeness (QED) is 0.702. The van der Waals surface area contributed by atoms with E-state index in [-0.39, 0.29) is 6.04 Å². The van der Waals surface area contributed by atoms with E-state index in [1.165, 1.54) is 5.69 Å². The Kier molecular flexibility index (Phi) is 4.82. The van der Waals surface area contributed by atoms with Gasteiger partial charge in [0.15, 0.2) is 0 Å². The van der Waals surface area contributed by atoms with Crippen LogP contribution in [0, 0.1) is 0 Å². The molecule has 2 aromatic carbocycles. The minimum absolute atomic E-state index is 0.0699. The first-order chi connectivity index (χ1) is 12.5. The van der Waals surface area contributed by atoms with E-state index in [1.807, 2.05) is 18.5 Å². The van der Waals surface area contributed by atoms with Crippen LogP contribution in [0.2, 0.25) is 10.0 Å². The molecule has 26 heavy (non-hydrogen) atoms. The van der Waals surface area contributed by atoms with Crippen LogP contribution in [0.3, 0.4) is 0 Å². The van der Waals surface area contributed by atoms with Crippen LogP contribution in [0.5, 0.6) is 0 Å². The number of anilines is 1. The fourth-order valence-electron chi connectivity index (χ4n) is 3.72. The predicted octanol–water partition coefficient (Wildman–Crippen LogP) is 4.75. The van der Waals surface area contributed by atoms with Crippen molar-refractivity contribution >= 4 is 39.9 Å². The van der Waals surface area contributed by atoms with Crippen LogP contribution in [-0.4, -0.2) is 35.2 Å². The van der Waals surface area contributed by atoms with Gasteiger partial charge in [-0.15, -0.1) is 0 Å². The number of aromatic nitrogens is 2. The highest BCUT2D eigenvalue weighted by Crippen LogP contribution is 2.32. The number of fused-ring (bicyclic) bond motifs is 1. The van der Waals surface area contributed by atoms with Gasteiger partial charge in [0.05, 0.1) is 23.4 Å². The summed E-state index contributed by atoms with van der Waals surface area (Å²) < 4.78 is 2.18. The van der Waals surface area contributed by atoms with Gasteiger partial charge in [-0.25, -0.2) is 4.98 Å². The summed E-state index contributed by atoms with van der Waals surface area (Å²) in [7, 11) is 0. The van der Waals surface area contributed by atoms with Gasteiger partial charge in [-0.2, -0.15) is 0 Å². The van der Waals surface area contributed by atoms with Gasteiger partial charge in [-0.05, 0) is 49.7 Å². The molecule has 1 N–H and O–H groups in total. The van der Waals surface area contributed by atoms with E-state index in [4.69, 9.17) is 23.2 Å². The van der Waals surface area contributed by atoms with Crippen LogP contribution in [0.15, 0.2) is 42.7 Å². The van der Waals surface area contributed by atoms with Crippen molar-refractivity contribution in [2.24, 2.45) is 0 Å². The van der Waals surface area contributed by atoms with Gasteiger partial charge < -0.3 is 14.8 Å². The van der Waals surface area contributed by atoms with Gasteiger partial charge in [0.1, 0.15) is 0 Å². The molecular weight excluding hydrogens is 367 g/mol. The maximum atomic E-state index is 6.43. The van der Waals surface area contributed by atoms with E-state index in [9.17, 15) is 0 Å². The highest BCUT2D eigenvalue weighted by molar-refractivity contribution is 6.35. The summed E-state index contributed by atoms with van der Waals surface area (Å²) in [6.07, 6.45) is 1.89. The van der Waals surface area contributed by atoms with E-state index in [0.717, 1.165) is 36.2 Å². The third-order valence-electron chi connectivity index (χ3n) is 5.22. The lowest BCUT2D eigenvalue weighted by molar-refractivity contribution is 0.501. The predicted molar refractivity (Wildman–Crippen MR) is 110 cm³/mol. The molecule has 2 atom stereocenters. The first-order valence-electron chi connectivity index (χ1n) is 8.93. The third kappa shape index (κ3) is 3.18. The molecule has 1 fully saturated rings. The summed E-state index contributed by atoms with van der Waals surface area (Å²) in [6.45, 7) is 7.42. The molecule has 0 aliphatic carbocycles. The molecule has 2 unspecified atom stereocenters. The Balaban J connectivity index is 1.74. The largest absolute Gasteiger partial charge is 0.366 e. The molecule has 0 radical (unpaired) electrons. The molecule has 4 nitrogen and oxygen atoms in total. The van der Waals surface area contributed by atoms with Crippen molar-refractivity contribution in [3.8, 4) is 0 Å². The molecule has 0 spiro atoms. The molecule has 3 aromatic rings. The van der Waals surface area contributed by atoms with E-state index in [1.54, 1.807) is 6.07 Å². The van der Waals surface area contributed by atoms with Crippen LogP contribution in [0.25, 0.3) is 11.0 Å². The average molecular weight is 389 g/mol. The van der Waals surface area contributed by atoms with Gasteiger partial charge in [-0.3, -0.25) is 0 Å². The summed E-state index contributed by atoms with van der Waals surface area (Å²) in [5, 5.41) is 4.77. The van der Waals surface area contributed by atoms with Crippen molar-refractivity contribution in [1.29, 1.82) is 0 Å². The summed E-state index contributed by atoms with van der Waals surface area (Å²) in [6, 6.07) is 12.7. The fraction of sp³-hybridized carbons (Fsp3) is 0.350. The topological polar surface area (TPSA) is 33.1 Å². The number of benzene rings is 2. The molecular formula is C20H22Cl2N4. The SMILES string of the molecule is CC1CNCCN1c1ccc2ncn(C(C)c3ccc(Cl)cc3Cl)c2c1. The number of hydrogen-bond donors (Lipinski definition) is 1. The van der Waals surface area contributed by atoms with Crippen LogP contribution in [0.4, 0.5) is 5.69 Å². The van der Waals surface area contributed by atoms with E-state index in [2.05, 4.69) is 51.8 Å². The highest BCUT2D eigenvalue weighted by atomic mass is 35.5. The van der Waals surface area contributed by atoms with Crippen LogP contribution in [0.1, 0.15) is 25.5 Å². The standard InChI is InChI=1S/C20H22Cl2N4/c1-13-11-23-7-8-25(13)16-4-6-19-20(10-16)26(12-24-19)14(2)17-5-3-15(21)9-18(17)22/h3-6,9-10,12-14,23H,7-8,11H2,1-2H3. The van der Waals surface area contributed by atoms with E-state index >= 15 is 0 Å². The number of hydrogen-bond acceptors (Lipinski definition) is 3. The Morgan fingerprint density at radius 3 is 2.81 bits per heavy atom. The lowest BCUT2D eigenvalue weighted by Gasteiger charge is -2.36. The summed E-state index contributed by atoms with van der Waals surface area (Å²) in [5.41, 5.74) is 4.39. The smallest absolute Gasteiger partial charge is 0.0964 e. The van der Waals surface area contributed by atoms with Gasteiger partial charge in [-0.1, -0.05) is 29.3 Å². The summed E-state index contributed by atoms with van der Waals surface area (Å²) in [5.74, 6) is 0. The van der Waals surface area contributed by atoms with Gasteiger partial charge in [0.25, 0.3) is 0 Å². The van der Waals surface area contributed by atoms with Crippen molar-refractivity contribution in [3.05, 3.63) is 58.3 Å². The van der Waals surface area contributed by atoms with Crippen molar-refractivity contribution in [2.45, 2.75) is 25.9 Å². The zero-order valence-electron chi connectivity index (χ0n) is 14.9. The van der Waals surface area contributed by atoms with Crippen molar-refractivity contribution in [2.75, 3.05) is 24.5 Å². The molecule has 0 amide bonds. The molecule has 4 rings (SSSR count). The van der Waals surface area contributed by atoms with Crippen LogP contribution >= 0.6 is 23.2 Å². The van der Waals surface area contributed by atoms with Crippen LogP contribution in [-0.2, 0) is 0 Å². The molecule has 1 aromatic heterocycles. The number of piperazine rings is 1. The maximum Gasteiger partial charge on any atom is 0.0964 e. The van der Waals surface area contributed by atoms with Gasteiger partial charge >= 0.3 is 0 Å². The monoisotopic (exact) mass is 388 g/mol. The third-order valence-corrected chi connectivity index (χ3v) is 5.78. The molecule has 1 aliphatic rings. The zero-order valence-corrected chi connectivity index (χ0v) is 16.4. The molecule has 0 bridgehead atoms. The van der Waals surface area contributed by atoms with Crippen molar-refractivity contribution < 1.29 is 0 Å². The number of rotatable bonds is 3. The Morgan fingerprint density at radius 2 is 2.04 bits per heavy atom. The Bertz CT molecular complexity index is 937. The first-order valence-corrected chi connectivity index (χ1v) is 9.69. The number of nitrogens with zero attached hydrogens (tertiary/aromatic N) is 3. The lowest BCUT2D eigenvalue weighted by Crippen LogP contribution is -2.49. The zero-order chi connectivity index (χ0) is 18.3. The minimum Gasteiger partial charge on any atom is -0.366 e. The molecule has 6 heteroatoms. The van der Waals surface area contributed by atoms with E-state index in [0.29, 0.717) is 16.1 Å². The van der Waals surface area contributed by atoms with Gasteiger partial charge in [0, 0.05) is 41.4 Å². The Morgan fingerprint density at radius 1 is 1.19 bits per heavy atom. The number of imidazole rings is 1. The molecule has 136 valence electrons. The second-order valence-corrected chi connectivity index (χ2v) is 7.76. The molecule has 0 saturated carbocycles. The van der Waals surface area contributed by atoms with Crippen molar-refractivity contribution in [1.82, 2.24) is 14.9 Å².